The first-order valence-electron chi connectivity index (χ1n) is 5.89. The Bertz CT molecular complexity index is 472. The van der Waals surface area contributed by atoms with Crippen LogP contribution in [0.4, 0.5) is 10.9 Å². The zero-order chi connectivity index (χ0) is 14.6. The van der Waals surface area contributed by atoms with Crippen molar-refractivity contribution in [2.24, 2.45) is 0 Å². The van der Waals surface area contributed by atoms with Crippen LogP contribution in [0.2, 0.25) is 0 Å². The summed E-state index contributed by atoms with van der Waals surface area (Å²) in [6.45, 7) is 3.95. The second-order valence-corrected chi connectivity index (χ2v) is 5.17. The molecular formula is C11H19N5O2S. The van der Waals surface area contributed by atoms with E-state index in [1.54, 1.807) is 11.8 Å². The number of nitrogens with zero attached hydrogens (tertiary/aromatic N) is 2. The fourth-order valence-corrected chi connectivity index (χ4v) is 2.14. The predicted octanol–water partition coefficient (Wildman–Crippen LogP) is 0.0457. The van der Waals surface area contributed by atoms with Crippen molar-refractivity contribution in [1.29, 1.82) is 0 Å². The van der Waals surface area contributed by atoms with E-state index in [9.17, 15) is 9.59 Å². The summed E-state index contributed by atoms with van der Waals surface area (Å²) < 4.78 is 0. The van der Waals surface area contributed by atoms with E-state index in [4.69, 9.17) is 5.73 Å². The van der Waals surface area contributed by atoms with Crippen LogP contribution in [-0.2, 0) is 4.79 Å². The highest BCUT2D eigenvalue weighted by atomic mass is 32.1. The fourth-order valence-electron chi connectivity index (χ4n) is 1.33. The van der Waals surface area contributed by atoms with Crippen molar-refractivity contribution in [1.82, 2.24) is 15.6 Å². The molecule has 0 aliphatic rings. The van der Waals surface area contributed by atoms with Gasteiger partial charge in [-0.15, -0.1) is 0 Å². The molecule has 1 rings (SSSR count). The number of amides is 2. The molecule has 19 heavy (non-hydrogen) atoms. The molecule has 1 aromatic heterocycles. The number of carbonyl (C=O) groups is 2. The molecule has 1 aromatic rings. The second kappa shape index (κ2) is 6.37. The number of likely N-dealkylation sites (N-methyl/N-ethyl adjacent to an activating group) is 1. The van der Waals surface area contributed by atoms with Crippen LogP contribution in [0, 0.1) is 0 Å². The van der Waals surface area contributed by atoms with Crippen molar-refractivity contribution < 1.29 is 9.59 Å². The molecule has 0 bridgehead atoms. The van der Waals surface area contributed by atoms with Gasteiger partial charge in [-0.05, 0) is 13.8 Å². The first kappa shape index (κ1) is 15.2. The molecule has 0 spiro atoms. The average molecular weight is 285 g/mol. The number of nitrogens with two attached hydrogens (primary N) is 1. The Kier molecular flexibility index (Phi) is 5.11. The monoisotopic (exact) mass is 285 g/mol. The summed E-state index contributed by atoms with van der Waals surface area (Å²) in [5, 5.41) is 5.88. The summed E-state index contributed by atoms with van der Waals surface area (Å²) in [4.78, 5) is 29.7. The number of anilines is 2. The molecule has 2 amide bonds. The molecule has 0 aliphatic heterocycles. The molecular weight excluding hydrogens is 266 g/mol. The lowest BCUT2D eigenvalue weighted by molar-refractivity contribution is -0.122. The molecule has 0 aliphatic carbocycles. The van der Waals surface area contributed by atoms with Gasteiger partial charge in [0.05, 0.1) is 0 Å². The van der Waals surface area contributed by atoms with Crippen molar-refractivity contribution in [3.05, 3.63) is 4.88 Å². The number of carbonyl (C=O) groups excluding carboxylic acids is 2. The van der Waals surface area contributed by atoms with E-state index in [-0.39, 0.29) is 17.6 Å². The molecule has 0 aromatic carbocycles. The van der Waals surface area contributed by atoms with Crippen LogP contribution in [0.15, 0.2) is 0 Å². The molecule has 1 atom stereocenters. The van der Waals surface area contributed by atoms with Crippen molar-refractivity contribution >= 4 is 34.1 Å². The summed E-state index contributed by atoms with van der Waals surface area (Å²) in [5.41, 5.74) is 5.70. The van der Waals surface area contributed by atoms with E-state index < -0.39 is 6.04 Å². The van der Waals surface area contributed by atoms with Crippen LogP contribution in [-0.4, -0.2) is 43.5 Å². The van der Waals surface area contributed by atoms with Gasteiger partial charge < -0.3 is 21.3 Å². The maximum atomic E-state index is 12.0. The summed E-state index contributed by atoms with van der Waals surface area (Å²) in [6, 6.07) is -0.614. The molecule has 0 radical (unpaired) electrons. The third kappa shape index (κ3) is 3.82. The van der Waals surface area contributed by atoms with Crippen LogP contribution < -0.4 is 21.3 Å². The first-order chi connectivity index (χ1) is 8.86. The molecule has 7 nitrogen and oxygen atoms in total. The lowest BCUT2D eigenvalue weighted by Gasteiger charge is -2.12. The van der Waals surface area contributed by atoms with Gasteiger partial charge in [-0.2, -0.15) is 0 Å². The molecule has 0 saturated heterocycles. The quantitative estimate of drug-likeness (QED) is 0.709. The fraction of sp³-hybridized carbons (Fsp3) is 0.545. The Balaban J connectivity index is 2.75. The minimum Gasteiger partial charge on any atom is -0.382 e. The van der Waals surface area contributed by atoms with E-state index >= 15 is 0 Å². The largest absolute Gasteiger partial charge is 0.382 e. The first-order valence-corrected chi connectivity index (χ1v) is 6.70. The van der Waals surface area contributed by atoms with Crippen LogP contribution in [0.3, 0.4) is 0 Å². The zero-order valence-electron chi connectivity index (χ0n) is 11.5. The minimum atomic E-state index is -0.614. The van der Waals surface area contributed by atoms with Crippen molar-refractivity contribution in [3.8, 4) is 0 Å². The normalized spacial score (nSPS) is 11.8. The number of rotatable bonds is 5. The van der Waals surface area contributed by atoms with Gasteiger partial charge in [0.2, 0.25) is 5.91 Å². The van der Waals surface area contributed by atoms with Crippen molar-refractivity contribution in [3.63, 3.8) is 0 Å². The van der Waals surface area contributed by atoms with Gasteiger partial charge in [-0.3, -0.25) is 9.59 Å². The van der Waals surface area contributed by atoms with Gasteiger partial charge in [0.15, 0.2) is 5.13 Å². The highest BCUT2D eigenvalue weighted by molar-refractivity contribution is 7.18. The smallest absolute Gasteiger partial charge is 0.265 e. The van der Waals surface area contributed by atoms with Crippen molar-refractivity contribution in [2.75, 3.05) is 31.3 Å². The second-order valence-electron chi connectivity index (χ2n) is 4.19. The number of thiazole rings is 1. The van der Waals surface area contributed by atoms with Gasteiger partial charge >= 0.3 is 0 Å². The molecule has 0 saturated carbocycles. The maximum Gasteiger partial charge on any atom is 0.265 e. The van der Waals surface area contributed by atoms with Gasteiger partial charge in [-0.25, -0.2) is 4.98 Å². The minimum absolute atomic E-state index is 0.175. The number of hydrogen-bond donors (Lipinski definition) is 3. The van der Waals surface area contributed by atoms with E-state index in [2.05, 4.69) is 15.6 Å². The zero-order valence-corrected chi connectivity index (χ0v) is 12.3. The molecule has 0 fully saturated rings. The van der Waals surface area contributed by atoms with Gasteiger partial charge in [0, 0.05) is 20.6 Å². The maximum absolute atomic E-state index is 12.0. The molecule has 4 N–H and O–H groups in total. The van der Waals surface area contributed by atoms with Gasteiger partial charge in [0.25, 0.3) is 5.91 Å². The third-order valence-electron chi connectivity index (χ3n) is 2.32. The van der Waals surface area contributed by atoms with Crippen LogP contribution in [0.25, 0.3) is 0 Å². The third-order valence-corrected chi connectivity index (χ3v) is 3.56. The molecule has 1 heterocycles. The van der Waals surface area contributed by atoms with E-state index in [0.29, 0.717) is 16.6 Å². The lowest BCUT2D eigenvalue weighted by Crippen LogP contribution is -2.44. The van der Waals surface area contributed by atoms with Crippen LogP contribution in [0.5, 0.6) is 0 Å². The topological polar surface area (TPSA) is 100 Å². The Labute approximate surface area is 116 Å². The van der Waals surface area contributed by atoms with E-state index in [1.807, 2.05) is 21.0 Å². The Morgan fingerprint density at radius 2 is 2.11 bits per heavy atom. The highest BCUT2D eigenvalue weighted by Crippen LogP contribution is 2.26. The van der Waals surface area contributed by atoms with E-state index in [0.717, 1.165) is 0 Å². The molecule has 106 valence electrons. The van der Waals surface area contributed by atoms with Gasteiger partial charge in [-0.1, -0.05) is 11.3 Å². The number of nitrogens with one attached hydrogen (secondary N) is 2. The number of hydrogen-bond acceptors (Lipinski definition) is 6. The average Bonchev–Trinajstić information content (AvgIpc) is 2.71. The van der Waals surface area contributed by atoms with Crippen molar-refractivity contribution in [2.45, 2.75) is 19.9 Å². The van der Waals surface area contributed by atoms with Crippen LogP contribution >= 0.6 is 11.3 Å². The Morgan fingerprint density at radius 1 is 1.47 bits per heavy atom. The SMILES string of the molecule is CCNC(=O)C(C)NC(=O)c1sc(N(C)C)nc1N. The molecule has 8 heteroatoms. The number of nitrogen functional groups attached to an aromatic ring is 1. The van der Waals surface area contributed by atoms with Gasteiger partial charge in [0.1, 0.15) is 16.7 Å². The summed E-state index contributed by atoms with van der Waals surface area (Å²) >= 11 is 1.19. The molecule has 1 unspecified atom stereocenters. The highest BCUT2D eigenvalue weighted by Gasteiger charge is 2.21. The lowest BCUT2D eigenvalue weighted by atomic mass is 10.3. The predicted molar refractivity (Wildman–Crippen MR) is 76.5 cm³/mol. The Morgan fingerprint density at radius 3 is 2.58 bits per heavy atom. The summed E-state index contributed by atoms with van der Waals surface area (Å²) in [5.74, 6) is -0.442. The van der Waals surface area contributed by atoms with Crippen LogP contribution in [0.1, 0.15) is 23.5 Å². The standard InChI is InChI=1S/C11H19N5O2S/c1-5-13-9(17)6(2)14-10(18)7-8(12)15-11(19-7)16(3)4/h6H,5,12H2,1-4H3,(H,13,17)(H,14,18). The number of aromatic nitrogens is 1. The Hall–Kier alpha value is -1.83. The van der Waals surface area contributed by atoms with E-state index in [1.165, 1.54) is 11.3 Å². The summed E-state index contributed by atoms with van der Waals surface area (Å²) in [6.07, 6.45) is 0. The summed E-state index contributed by atoms with van der Waals surface area (Å²) in [7, 11) is 3.63.